The second-order valence-corrected chi connectivity index (χ2v) is 7.33. The average Bonchev–Trinajstić information content (AvgIpc) is 2.99. The summed E-state index contributed by atoms with van der Waals surface area (Å²) in [6.45, 7) is 4.82. The van der Waals surface area contributed by atoms with Crippen molar-refractivity contribution >= 4 is 29.3 Å². The zero-order valence-corrected chi connectivity index (χ0v) is 13.2. The highest BCUT2D eigenvalue weighted by Gasteiger charge is 2.38. The summed E-state index contributed by atoms with van der Waals surface area (Å²) in [6.07, 6.45) is 5.88. The van der Waals surface area contributed by atoms with Gasteiger partial charge in [0.05, 0.1) is 6.54 Å². The second-order valence-electron chi connectivity index (χ2n) is 6.13. The fraction of sp³-hybridized carbons (Fsp3) is 0.500. The Balaban J connectivity index is 1.88. The minimum absolute atomic E-state index is 0.0922. The van der Waals surface area contributed by atoms with Gasteiger partial charge in [0.1, 0.15) is 0 Å². The van der Waals surface area contributed by atoms with E-state index in [1.54, 1.807) is 6.08 Å². The SMILES string of the molecule is CC1(C)CCCC1C(=O)NCc1ccc(/C=C/C(=O)O)s1. The van der Waals surface area contributed by atoms with Crippen LogP contribution in [0.1, 0.15) is 42.9 Å². The van der Waals surface area contributed by atoms with E-state index in [1.807, 2.05) is 12.1 Å². The normalized spacial score (nSPS) is 20.8. The van der Waals surface area contributed by atoms with E-state index < -0.39 is 5.97 Å². The topological polar surface area (TPSA) is 66.4 Å². The lowest BCUT2D eigenvalue weighted by Crippen LogP contribution is -2.35. The van der Waals surface area contributed by atoms with Crippen molar-refractivity contribution in [2.24, 2.45) is 11.3 Å². The Morgan fingerprint density at radius 2 is 2.24 bits per heavy atom. The fourth-order valence-corrected chi connectivity index (χ4v) is 3.70. The number of amides is 1. The Morgan fingerprint density at radius 3 is 2.86 bits per heavy atom. The van der Waals surface area contributed by atoms with Crippen LogP contribution in [0.3, 0.4) is 0 Å². The molecule has 1 aromatic rings. The highest BCUT2D eigenvalue weighted by Crippen LogP contribution is 2.42. The summed E-state index contributed by atoms with van der Waals surface area (Å²) in [4.78, 5) is 24.6. The third-order valence-corrected chi connectivity index (χ3v) is 5.13. The molecule has 114 valence electrons. The molecule has 0 aromatic carbocycles. The first-order valence-electron chi connectivity index (χ1n) is 7.16. The zero-order chi connectivity index (χ0) is 15.5. The number of aliphatic carboxylic acids is 1. The van der Waals surface area contributed by atoms with Gasteiger partial charge in [-0.25, -0.2) is 4.79 Å². The van der Waals surface area contributed by atoms with Crippen LogP contribution in [0.4, 0.5) is 0 Å². The quantitative estimate of drug-likeness (QED) is 0.820. The predicted molar refractivity (Wildman–Crippen MR) is 84.0 cm³/mol. The molecule has 0 aliphatic heterocycles. The monoisotopic (exact) mass is 307 g/mol. The van der Waals surface area contributed by atoms with Crippen LogP contribution in [0.15, 0.2) is 18.2 Å². The molecule has 1 unspecified atom stereocenters. The molecule has 0 saturated heterocycles. The van der Waals surface area contributed by atoms with Crippen molar-refractivity contribution in [1.29, 1.82) is 0 Å². The summed E-state index contributed by atoms with van der Waals surface area (Å²) < 4.78 is 0. The van der Waals surface area contributed by atoms with Crippen LogP contribution in [0.25, 0.3) is 6.08 Å². The van der Waals surface area contributed by atoms with Gasteiger partial charge in [-0.3, -0.25) is 4.79 Å². The smallest absolute Gasteiger partial charge is 0.328 e. The molecular formula is C16H21NO3S. The van der Waals surface area contributed by atoms with Crippen molar-refractivity contribution in [3.8, 4) is 0 Å². The van der Waals surface area contributed by atoms with Gasteiger partial charge in [0.25, 0.3) is 0 Å². The first-order chi connectivity index (χ1) is 9.88. The van der Waals surface area contributed by atoms with Crippen LogP contribution in [0, 0.1) is 11.3 Å². The number of carboxylic acid groups (broad SMARTS) is 1. The van der Waals surface area contributed by atoms with Gasteiger partial charge < -0.3 is 10.4 Å². The highest BCUT2D eigenvalue weighted by atomic mass is 32.1. The minimum Gasteiger partial charge on any atom is -0.478 e. The third kappa shape index (κ3) is 4.17. The molecule has 1 fully saturated rings. The molecule has 21 heavy (non-hydrogen) atoms. The summed E-state index contributed by atoms with van der Waals surface area (Å²) in [6, 6.07) is 3.79. The molecule has 5 heteroatoms. The van der Waals surface area contributed by atoms with E-state index in [0.717, 1.165) is 35.1 Å². The molecule has 1 aromatic heterocycles. The molecule has 0 radical (unpaired) electrons. The molecule has 2 rings (SSSR count). The Kier molecular flexibility index (Phi) is 4.83. The highest BCUT2D eigenvalue weighted by molar-refractivity contribution is 7.12. The average molecular weight is 307 g/mol. The molecule has 1 aliphatic carbocycles. The molecule has 1 amide bonds. The van der Waals surface area contributed by atoms with Gasteiger partial charge in [0.15, 0.2) is 0 Å². The molecule has 2 N–H and O–H groups in total. The van der Waals surface area contributed by atoms with Crippen LogP contribution in [-0.4, -0.2) is 17.0 Å². The van der Waals surface area contributed by atoms with Gasteiger partial charge in [-0.05, 0) is 36.5 Å². The van der Waals surface area contributed by atoms with E-state index in [4.69, 9.17) is 5.11 Å². The van der Waals surface area contributed by atoms with Crippen LogP contribution in [-0.2, 0) is 16.1 Å². The summed E-state index contributed by atoms with van der Waals surface area (Å²) in [5.41, 5.74) is 0.0922. The van der Waals surface area contributed by atoms with E-state index in [9.17, 15) is 9.59 Å². The maximum atomic E-state index is 12.3. The number of rotatable bonds is 5. The van der Waals surface area contributed by atoms with E-state index in [0.29, 0.717) is 6.54 Å². The van der Waals surface area contributed by atoms with E-state index in [2.05, 4.69) is 19.2 Å². The molecule has 0 spiro atoms. The van der Waals surface area contributed by atoms with E-state index in [1.165, 1.54) is 11.3 Å². The Bertz CT molecular complexity index is 560. The molecule has 0 bridgehead atoms. The van der Waals surface area contributed by atoms with Crippen molar-refractivity contribution in [3.63, 3.8) is 0 Å². The summed E-state index contributed by atoms with van der Waals surface area (Å²) >= 11 is 1.49. The summed E-state index contributed by atoms with van der Waals surface area (Å²) in [7, 11) is 0. The maximum Gasteiger partial charge on any atom is 0.328 e. The van der Waals surface area contributed by atoms with Gasteiger partial charge in [-0.2, -0.15) is 0 Å². The number of carbonyl (C=O) groups is 2. The van der Waals surface area contributed by atoms with Crippen molar-refractivity contribution in [2.45, 2.75) is 39.7 Å². The molecule has 1 saturated carbocycles. The van der Waals surface area contributed by atoms with Gasteiger partial charge in [-0.1, -0.05) is 20.3 Å². The Hall–Kier alpha value is -1.62. The van der Waals surface area contributed by atoms with Crippen molar-refractivity contribution in [3.05, 3.63) is 28.0 Å². The van der Waals surface area contributed by atoms with Crippen LogP contribution in [0.5, 0.6) is 0 Å². The third-order valence-electron chi connectivity index (χ3n) is 4.08. The zero-order valence-electron chi connectivity index (χ0n) is 12.4. The van der Waals surface area contributed by atoms with Crippen LogP contribution >= 0.6 is 11.3 Å². The largest absolute Gasteiger partial charge is 0.478 e. The van der Waals surface area contributed by atoms with Gasteiger partial charge in [0, 0.05) is 21.7 Å². The van der Waals surface area contributed by atoms with Crippen molar-refractivity contribution in [1.82, 2.24) is 5.32 Å². The molecule has 4 nitrogen and oxygen atoms in total. The molecule has 1 aliphatic rings. The number of nitrogens with one attached hydrogen (secondary N) is 1. The number of thiophene rings is 1. The Labute approximate surface area is 128 Å². The summed E-state index contributed by atoms with van der Waals surface area (Å²) in [5.74, 6) is -0.723. The predicted octanol–water partition coefficient (Wildman–Crippen LogP) is 3.29. The molecule has 1 atom stereocenters. The Morgan fingerprint density at radius 1 is 1.48 bits per heavy atom. The van der Waals surface area contributed by atoms with Crippen LogP contribution < -0.4 is 5.32 Å². The van der Waals surface area contributed by atoms with E-state index in [-0.39, 0.29) is 17.2 Å². The first-order valence-corrected chi connectivity index (χ1v) is 7.97. The standard InChI is InChI=1S/C16H21NO3S/c1-16(2)9-3-4-13(16)15(20)17-10-12-6-5-11(21-12)7-8-14(18)19/h5-8,13H,3-4,9-10H2,1-2H3,(H,17,20)(H,18,19)/b8-7+. The van der Waals surface area contributed by atoms with Gasteiger partial charge in [-0.15, -0.1) is 11.3 Å². The maximum absolute atomic E-state index is 12.3. The number of carbonyl (C=O) groups excluding carboxylic acids is 1. The lowest BCUT2D eigenvalue weighted by atomic mass is 9.81. The second kappa shape index (κ2) is 6.43. The lowest BCUT2D eigenvalue weighted by Gasteiger charge is -2.25. The number of carboxylic acids is 1. The fourth-order valence-electron chi connectivity index (χ4n) is 2.84. The van der Waals surface area contributed by atoms with Crippen molar-refractivity contribution in [2.75, 3.05) is 0 Å². The van der Waals surface area contributed by atoms with Crippen LogP contribution in [0.2, 0.25) is 0 Å². The number of hydrogen-bond donors (Lipinski definition) is 2. The molecule has 1 heterocycles. The number of hydrogen-bond acceptors (Lipinski definition) is 3. The van der Waals surface area contributed by atoms with Crippen molar-refractivity contribution < 1.29 is 14.7 Å². The minimum atomic E-state index is -0.957. The summed E-state index contributed by atoms with van der Waals surface area (Å²) in [5, 5.41) is 11.6. The van der Waals surface area contributed by atoms with Gasteiger partial charge in [0.2, 0.25) is 5.91 Å². The van der Waals surface area contributed by atoms with E-state index >= 15 is 0 Å². The van der Waals surface area contributed by atoms with Gasteiger partial charge >= 0.3 is 5.97 Å². The molecular weight excluding hydrogens is 286 g/mol. The first kappa shape index (κ1) is 15.8. The lowest BCUT2D eigenvalue weighted by molar-refractivity contribution is -0.131.